The van der Waals surface area contributed by atoms with Crippen molar-refractivity contribution in [2.24, 2.45) is 15.3 Å². The Balaban J connectivity index is 2.01. The predicted molar refractivity (Wildman–Crippen MR) is 60.1 cm³/mol. The van der Waals surface area contributed by atoms with Crippen LogP contribution in [0.15, 0.2) is 39.8 Å². The van der Waals surface area contributed by atoms with E-state index in [-0.39, 0.29) is 0 Å². The highest BCUT2D eigenvalue weighted by Gasteiger charge is 2.03. The molecule has 0 bridgehead atoms. The number of hydrazone groups is 1. The molecule has 1 aromatic rings. The summed E-state index contributed by atoms with van der Waals surface area (Å²) in [5, 5.41) is 13.7. The fraction of sp³-hybridized carbons (Fsp3) is 0.200. The van der Waals surface area contributed by atoms with Crippen LogP contribution in [0.4, 0.5) is 0 Å². The van der Waals surface area contributed by atoms with Gasteiger partial charge in [-0.15, -0.1) is 5.10 Å². The molecule has 0 spiro atoms. The van der Waals surface area contributed by atoms with Crippen molar-refractivity contribution in [1.29, 1.82) is 0 Å². The van der Waals surface area contributed by atoms with Crippen molar-refractivity contribution in [3.8, 4) is 0 Å². The third-order valence-corrected chi connectivity index (χ3v) is 1.84. The van der Waals surface area contributed by atoms with Crippen molar-refractivity contribution in [2.45, 2.75) is 6.92 Å². The Morgan fingerprint density at radius 3 is 3.20 bits per heavy atom. The van der Waals surface area contributed by atoms with Crippen LogP contribution in [-0.4, -0.2) is 34.8 Å². The Kier molecular flexibility index (Phi) is 2.82. The van der Waals surface area contributed by atoms with E-state index in [1.165, 1.54) is 0 Å². The maximum atomic E-state index is 4.24. The third-order valence-electron chi connectivity index (χ3n) is 1.84. The molecule has 1 aliphatic rings. The van der Waals surface area contributed by atoms with Gasteiger partial charge in [0.25, 0.3) is 0 Å². The SMILES string of the molecule is CC1=NN=CN(/N=C/c2cccnc2)C1. The second-order valence-corrected chi connectivity index (χ2v) is 3.19. The van der Waals surface area contributed by atoms with Gasteiger partial charge in [-0.25, -0.2) is 5.01 Å². The van der Waals surface area contributed by atoms with Crippen molar-refractivity contribution < 1.29 is 0 Å². The highest BCUT2D eigenvalue weighted by molar-refractivity contribution is 5.88. The molecule has 76 valence electrons. The van der Waals surface area contributed by atoms with Crippen LogP contribution in [0.3, 0.4) is 0 Å². The molecule has 0 atom stereocenters. The highest BCUT2D eigenvalue weighted by Crippen LogP contribution is 1.97. The van der Waals surface area contributed by atoms with Gasteiger partial charge in [-0.05, 0) is 13.0 Å². The molecular weight excluding hydrogens is 190 g/mol. The normalized spacial score (nSPS) is 15.8. The topological polar surface area (TPSA) is 53.2 Å². The molecule has 5 heteroatoms. The lowest BCUT2D eigenvalue weighted by atomic mass is 10.3. The maximum Gasteiger partial charge on any atom is 0.134 e. The van der Waals surface area contributed by atoms with E-state index in [0.717, 1.165) is 11.3 Å². The summed E-state index contributed by atoms with van der Waals surface area (Å²) in [4.78, 5) is 4.00. The minimum absolute atomic E-state index is 0.681. The average Bonchev–Trinajstić information content (AvgIpc) is 2.28. The van der Waals surface area contributed by atoms with Gasteiger partial charge in [0.2, 0.25) is 0 Å². The summed E-state index contributed by atoms with van der Waals surface area (Å²) in [5.41, 5.74) is 1.91. The van der Waals surface area contributed by atoms with Gasteiger partial charge in [0.1, 0.15) is 6.34 Å². The minimum atomic E-state index is 0.681. The first-order valence-corrected chi connectivity index (χ1v) is 4.62. The maximum absolute atomic E-state index is 4.24. The van der Waals surface area contributed by atoms with Crippen LogP contribution in [0.2, 0.25) is 0 Å². The first-order chi connectivity index (χ1) is 7.34. The molecular formula is C10H11N5. The van der Waals surface area contributed by atoms with Crippen molar-refractivity contribution >= 4 is 18.3 Å². The molecule has 0 saturated carbocycles. The average molecular weight is 201 g/mol. The summed E-state index contributed by atoms with van der Waals surface area (Å²) in [6, 6.07) is 3.82. The molecule has 0 unspecified atom stereocenters. The number of nitrogens with zero attached hydrogens (tertiary/aromatic N) is 5. The fourth-order valence-corrected chi connectivity index (χ4v) is 1.15. The lowest BCUT2D eigenvalue weighted by Gasteiger charge is -2.14. The molecule has 0 fully saturated rings. The van der Waals surface area contributed by atoms with Gasteiger partial charge in [-0.3, -0.25) is 4.98 Å². The Labute approximate surface area is 87.9 Å². The van der Waals surface area contributed by atoms with E-state index in [0.29, 0.717) is 6.54 Å². The summed E-state index contributed by atoms with van der Waals surface area (Å²) in [5.74, 6) is 0. The van der Waals surface area contributed by atoms with Crippen LogP contribution >= 0.6 is 0 Å². The third kappa shape index (κ3) is 2.70. The fourth-order valence-electron chi connectivity index (χ4n) is 1.15. The Bertz CT molecular complexity index is 407. The van der Waals surface area contributed by atoms with Crippen molar-refractivity contribution in [2.75, 3.05) is 6.54 Å². The van der Waals surface area contributed by atoms with Crippen LogP contribution in [0.1, 0.15) is 12.5 Å². The van der Waals surface area contributed by atoms with Crippen LogP contribution in [0.5, 0.6) is 0 Å². The van der Waals surface area contributed by atoms with Gasteiger partial charge in [0, 0.05) is 18.0 Å². The van der Waals surface area contributed by atoms with Crippen molar-refractivity contribution in [3.63, 3.8) is 0 Å². The van der Waals surface area contributed by atoms with E-state index in [1.54, 1.807) is 30.0 Å². The number of rotatable bonds is 2. The number of pyridine rings is 1. The molecule has 2 rings (SSSR count). The van der Waals surface area contributed by atoms with E-state index in [2.05, 4.69) is 20.3 Å². The molecule has 2 heterocycles. The van der Waals surface area contributed by atoms with E-state index in [9.17, 15) is 0 Å². The van der Waals surface area contributed by atoms with Gasteiger partial charge in [0.05, 0.1) is 18.5 Å². The molecule has 0 N–H and O–H groups in total. The molecule has 0 amide bonds. The number of aromatic nitrogens is 1. The zero-order chi connectivity index (χ0) is 10.5. The molecule has 0 radical (unpaired) electrons. The molecule has 15 heavy (non-hydrogen) atoms. The summed E-state index contributed by atoms with van der Waals surface area (Å²) < 4.78 is 0. The molecule has 0 aromatic carbocycles. The summed E-state index contributed by atoms with van der Waals surface area (Å²) >= 11 is 0. The Morgan fingerprint density at radius 1 is 1.53 bits per heavy atom. The summed E-state index contributed by atoms with van der Waals surface area (Å²) in [6.07, 6.45) is 6.83. The van der Waals surface area contributed by atoms with Crippen molar-refractivity contribution in [1.82, 2.24) is 9.99 Å². The first-order valence-electron chi connectivity index (χ1n) is 4.62. The quantitative estimate of drug-likeness (QED) is 0.673. The molecule has 1 aromatic heterocycles. The van der Waals surface area contributed by atoms with E-state index in [1.807, 2.05) is 19.1 Å². The summed E-state index contributed by atoms with van der Waals surface area (Å²) in [6.45, 7) is 2.60. The zero-order valence-electron chi connectivity index (χ0n) is 8.41. The predicted octanol–water partition coefficient (Wildman–Crippen LogP) is 1.14. The van der Waals surface area contributed by atoms with E-state index >= 15 is 0 Å². The molecule has 1 aliphatic heterocycles. The largest absolute Gasteiger partial charge is 0.264 e. The Morgan fingerprint density at radius 2 is 2.47 bits per heavy atom. The highest BCUT2D eigenvalue weighted by atomic mass is 15.5. The van der Waals surface area contributed by atoms with Gasteiger partial charge in [-0.1, -0.05) is 6.07 Å². The van der Waals surface area contributed by atoms with E-state index in [4.69, 9.17) is 0 Å². The number of hydrogen-bond acceptors (Lipinski definition) is 5. The lowest BCUT2D eigenvalue weighted by Crippen LogP contribution is -2.25. The van der Waals surface area contributed by atoms with Crippen LogP contribution in [-0.2, 0) is 0 Å². The van der Waals surface area contributed by atoms with Gasteiger partial charge in [-0.2, -0.15) is 10.2 Å². The molecule has 0 saturated heterocycles. The number of hydrogen-bond donors (Lipinski definition) is 0. The second-order valence-electron chi connectivity index (χ2n) is 3.19. The van der Waals surface area contributed by atoms with Gasteiger partial charge in [0.15, 0.2) is 0 Å². The van der Waals surface area contributed by atoms with Crippen LogP contribution in [0.25, 0.3) is 0 Å². The lowest BCUT2D eigenvalue weighted by molar-refractivity contribution is 0.516. The van der Waals surface area contributed by atoms with Crippen LogP contribution in [0, 0.1) is 0 Å². The molecule has 0 aliphatic carbocycles. The summed E-state index contributed by atoms with van der Waals surface area (Å²) in [7, 11) is 0. The monoisotopic (exact) mass is 201 g/mol. The van der Waals surface area contributed by atoms with Gasteiger partial charge >= 0.3 is 0 Å². The first kappa shape index (κ1) is 9.51. The van der Waals surface area contributed by atoms with Crippen molar-refractivity contribution in [3.05, 3.63) is 30.1 Å². The standard InChI is InChI=1S/C10H11N5/c1-9-7-15(8-12-14-9)13-6-10-3-2-4-11-5-10/h2-6,8H,7H2,1H3/b13-6+. The van der Waals surface area contributed by atoms with Gasteiger partial charge < -0.3 is 0 Å². The second kappa shape index (κ2) is 4.45. The molecule has 5 nitrogen and oxygen atoms in total. The Hall–Kier alpha value is -2.04. The van der Waals surface area contributed by atoms with E-state index < -0.39 is 0 Å². The van der Waals surface area contributed by atoms with Crippen LogP contribution < -0.4 is 0 Å². The smallest absolute Gasteiger partial charge is 0.134 e. The zero-order valence-corrected chi connectivity index (χ0v) is 8.41. The minimum Gasteiger partial charge on any atom is -0.264 e.